The number of amides is 3. The summed E-state index contributed by atoms with van der Waals surface area (Å²) in [5, 5.41) is 19.1. The molecule has 3 N–H and O–H groups in total. The highest BCUT2D eigenvalue weighted by molar-refractivity contribution is 6.06. The number of carbonyl (C=O) groups excluding carboxylic acids is 2. The van der Waals surface area contributed by atoms with Crippen LogP contribution in [0.4, 0.5) is 16.2 Å². The molecule has 0 radical (unpaired) electrons. The minimum absolute atomic E-state index is 0.126. The van der Waals surface area contributed by atoms with Gasteiger partial charge in [0.15, 0.2) is 0 Å². The van der Waals surface area contributed by atoms with E-state index in [9.17, 15) is 19.7 Å². The van der Waals surface area contributed by atoms with Crippen molar-refractivity contribution in [2.24, 2.45) is 0 Å². The van der Waals surface area contributed by atoms with Crippen molar-refractivity contribution in [3.63, 3.8) is 0 Å². The molecule has 3 rings (SSSR count). The Hall–Kier alpha value is -3.88. The third-order valence-corrected chi connectivity index (χ3v) is 4.35. The molecule has 9 heteroatoms. The molecule has 0 saturated carbocycles. The summed E-state index contributed by atoms with van der Waals surface area (Å²) in [7, 11) is 0. The van der Waals surface area contributed by atoms with Crippen molar-refractivity contribution in [3.8, 4) is 5.75 Å². The fourth-order valence-corrected chi connectivity index (χ4v) is 3.06. The van der Waals surface area contributed by atoms with Gasteiger partial charge in [-0.05, 0) is 43.7 Å². The van der Waals surface area contributed by atoms with E-state index in [4.69, 9.17) is 4.74 Å². The average Bonchev–Trinajstić information content (AvgIpc) is 2.69. The normalized spacial score (nSPS) is 15.9. The van der Waals surface area contributed by atoms with E-state index >= 15 is 0 Å². The van der Waals surface area contributed by atoms with Gasteiger partial charge in [0.1, 0.15) is 5.75 Å². The van der Waals surface area contributed by atoms with Crippen molar-refractivity contribution < 1.29 is 19.2 Å². The summed E-state index contributed by atoms with van der Waals surface area (Å²) in [4.78, 5) is 35.5. The molecule has 0 fully saturated rings. The Morgan fingerprint density at radius 2 is 1.97 bits per heavy atom. The molecule has 0 unspecified atom stereocenters. The number of nitro groups is 1. The molecule has 3 amide bonds. The number of carbonyl (C=O) groups is 2. The SMILES string of the molecule is CCOc1ccc(NC(=O)C2=C(C)NC(=O)N[C@H]2c2cccc([N+](=O)[O-])c2)cc1. The van der Waals surface area contributed by atoms with Crippen molar-refractivity contribution >= 4 is 23.3 Å². The van der Waals surface area contributed by atoms with Gasteiger partial charge in [-0.3, -0.25) is 14.9 Å². The number of hydrogen-bond acceptors (Lipinski definition) is 5. The number of hydrogen-bond donors (Lipinski definition) is 3. The Bertz CT molecular complexity index is 985. The van der Waals surface area contributed by atoms with Gasteiger partial charge in [0.25, 0.3) is 11.6 Å². The highest BCUT2D eigenvalue weighted by Gasteiger charge is 2.32. The van der Waals surface area contributed by atoms with Gasteiger partial charge in [-0.25, -0.2) is 4.79 Å². The molecule has 1 heterocycles. The summed E-state index contributed by atoms with van der Waals surface area (Å²) in [5.74, 6) is 0.248. The summed E-state index contributed by atoms with van der Waals surface area (Å²) < 4.78 is 5.38. The van der Waals surface area contributed by atoms with Crippen LogP contribution < -0.4 is 20.7 Å². The number of allylic oxidation sites excluding steroid dienone is 1. The first kappa shape index (κ1) is 19.9. The fourth-order valence-electron chi connectivity index (χ4n) is 3.06. The second kappa shape index (κ2) is 8.42. The van der Waals surface area contributed by atoms with Crippen LogP contribution in [0.1, 0.15) is 25.5 Å². The average molecular weight is 396 g/mol. The molecule has 1 aliphatic rings. The molecule has 0 saturated heterocycles. The maximum Gasteiger partial charge on any atom is 0.319 e. The lowest BCUT2D eigenvalue weighted by molar-refractivity contribution is -0.384. The Morgan fingerprint density at radius 1 is 1.24 bits per heavy atom. The molecule has 0 aromatic heterocycles. The summed E-state index contributed by atoms with van der Waals surface area (Å²) >= 11 is 0. The maximum absolute atomic E-state index is 13.0. The standard InChI is InChI=1S/C20H20N4O5/c1-3-29-16-9-7-14(8-10-16)22-19(25)17-12(2)21-20(26)23-18(17)13-5-4-6-15(11-13)24(27)28/h4-11,18H,3H2,1-2H3,(H,22,25)(H2,21,23,26)/t18-/m0/s1. The van der Waals surface area contributed by atoms with E-state index in [0.717, 1.165) is 0 Å². The van der Waals surface area contributed by atoms with Gasteiger partial charge in [0.05, 0.1) is 23.1 Å². The first-order chi connectivity index (χ1) is 13.9. The number of anilines is 1. The van der Waals surface area contributed by atoms with Crippen LogP contribution in [0.3, 0.4) is 0 Å². The molecule has 0 bridgehead atoms. The molecule has 9 nitrogen and oxygen atoms in total. The third-order valence-electron chi connectivity index (χ3n) is 4.35. The number of rotatable bonds is 6. The van der Waals surface area contributed by atoms with Gasteiger partial charge in [0.2, 0.25) is 0 Å². The van der Waals surface area contributed by atoms with Gasteiger partial charge in [-0.2, -0.15) is 0 Å². The smallest absolute Gasteiger partial charge is 0.319 e. The molecule has 2 aromatic carbocycles. The lowest BCUT2D eigenvalue weighted by Crippen LogP contribution is -2.46. The Balaban J connectivity index is 1.90. The van der Waals surface area contributed by atoms with E-state index in [1.807, 2.05) is 6.92 Å². The van der Waals surface area contributed by atoms with Crippen molar-refractivity contribution in [2.75, 3.05) is 11.9 Å². The molecule has 2 aromatic rings. The van der Waals surface area contributed by atoms with Crippen molar-refractivity contribution in [2.45, 2.75) is 19.9 Å². The number of nitrogens with one attached hydrogen (secondary N) is 3. The molecular formula is C20H20N4O5. The van der Waals surface area contributed by atoms with Gasteiger partial charge >= 0.3 is 6.03 Å². The number of benzene rings is 2. The number of nitrogens with zero attached hydrogens (tertiary/aromatic N) is 1. The number of ether oxygens (including phenoxy) is 1. The monoisotopic (exact) mass is 396 g/mol. The largest absolute Gasteiger partial charge is 0.494 e. The highest BCUT2D eigenvalue weighted by Crippen LogP contribution is 2.30. The number of non-ortho nitro benzene ring substituents is 1. The van der Waals surface area contributed by atoms with Crippen molar-refractivity contribution in [1.82, 2.24) is 10.6 Å². The van der Waals surface area contributed by atoms with Gasteiger partial charge in [-0.15, -0.1) is 0 Å². The fraction of sp³-hybridized carbons (Fsp3) is 0.200. The Kier molecular flexibility index (Phi) is 5.77. The van der Waals surface area contributed by atoms with Gasteiger partial charge in [-0.1, -0.05) is 12.1 Å². The summed E-state index contributed by atoms with van der Waals surface area (Å²) in [6, 6.07) is 11.4. The minimum Gasteiger partial charge on any atom is -0.494 e. The summed E-state index contributed by atoms with van der Waals surface area (Å²) in [6.45, 7) is 4.02. The Labute approximate surface area is 166 Å². The van der Waals surface area contributed by atoms with Crippen molar-refractivity contribution in [3.05, 3.63) is 75.5 Å². The first-order valence-corrected chi connectivity index (χ1v) is 8.96. The van der Waals surface area contributed by atoms with Crippen LogP contribution in [0.5, 0.6) is 5.75 Å². The molecule has 29 heavy (non-hydrogen) atoms. The predicted octanol–water partition coefficient (Wildman–Crippen LogP) is 3.26. The van der Waals surface area contributed by atoms with Crippen LogP contribution in [-0.4, -0.2) is 23.5 Å². The minimum atomic E-state index is -0.827. The second-order valence-corrected chi connectivity index (χ2v) is 6.33. The van der Waals surface area contributed by atoms with Crippen molar-refractivity contribution in [1.29, 1.82) is 0 Å². The topological polar surface area (TPSA) is 123 Å². The molecule has 0 aliphatic carbocycles. The first-order valence-electron chi connectivity index (χ1n) is 8.96. The van der Waals surface area contributed by atoms with E-state index in [-0.39, 0.29) is 11.3 Å². The van der Waals surface area contributed by atoms with Crippen LogP contribution >= 0.6 is 0 Å². The van der Waals surface area contributed by atoms with Crippen LogP contribution in [-0.2, 0) is 4.79 Å². The molecular weight excluding hydrogens is 376 g/mol. The van der Waals surface area contributed by atoms with Crippen LogP contribution in [0.2, 0.25) is 0 Å². The van der Waals surface area contributed by atoms with Gasteiger partial charge in [0, 0.05) is 23.5 Å². The maximum atomic E-state index is 13.0. The lowest BCUT2D eigenvalue weighted by Gasteiger charge is -2.28. The zero-order chi connectivity index (χ0) is 21.0. The summed E-state index contributed by atoms with van der Waals surface area (Å²) in [5.41, 5.74) is 1.49. The van der Waals surface area contributed by atoms with Crippen LogP contribution in [0.15, 0.2) is 59.8 Å². The second-order valence-electron chi connectivity index (χ2n) is 6.33. The number of urea groups is 1. The molecule has 1 aliphatic heterocycles. The lowest BCUT2D eigenvalue weighted by atomic mass is 9.94. The molecule has 1 atom stereocenters. The van der Waals surface area contributed by atoms with Gasteiger partial charge < -0.3 is 20.7 Å². The van der Waals surface area contributed by atoms with Crippen LogP contribution in [0.25, 0.3) is 0 Å². The predicted molar refractivity (Wildman–Crippen MR) is 106 cm³/mol. The zero-order valence-corrected chi connectivity index (χ0v) is 15.9. The Morgan fingerprint density at radius 3 is 2.62 bits per heavy atom. The van der Waals surface area contributed by atoms with E-state index in [0.29, 0.717) is 29.3 Å². The third kappa shape index (κ3) is 4.52. The number of nitro benzene ring substituents is 1. The summed E-state index contributed by atoms with van der Waals surface area (Å²) in [6.07, 6.45) is 0. The molecule has 0 spiro atoms. The van der Waals surface area contributed by atoms with E-state index in [2.05, 4.69) is 16.0 Å². The van der Waals surface area contributed by atoms with Crippen LogP contribution in [0, 0.1) is 10.1 Å². The zero-order valence-electron chi connectivity index (χ0n) is 15.9. The van der Waals surface area contributed by atoms with E-state index in [1.165, 1.54) is 18.2 Å². The quantitative estimate of drug-likeness (QED) is 0.511. The molecule has 150 valence electrons. The highest BCUT2D eigenvalue weighted by atomic mass is 16.6. The van der Waals surface area contributed by atoms with E-state index < -0.39 is 22.9 Å². The van der Waals surface area contributed by atoms with E-state index in [1.54, 1.807) is 37.3 Å².